The number of furan rings is 1. The van der Waals surface area contributed by atoms with Gasteiger partial charge in [0.1, 0.15) is 5.76 Å². The normalized spacial score (nSPS) is 13.2. The topological polar surface area (TPSA) is 42.4 Å². The Labute approximate surface area is 102 Å². The Kier molecular flexibility index (Phi) is 6.61. The number of hydrogen-bond donors (Lipinski definition) is 1. The minimum Gasteiger partial charge on any atom is -0.468 e. The van der Waals surface area contributed by atoms with Gasteiger partial charge in [0.25, 0.3) is 0 Å². The van der Waals surface area contributed by atoms with Gasteiger partial charge in [0.15, 0.2) is 0 Å². The molecule has 92 valence electrons. The Balaban J connectivity index is 2.33. The number of nitrogens with two attached hydrogens (primary N) is 1. The predicted octanol–water partition coefficient (Wildman–Crippen LogP) is 2.18. The van der Waals surface area contributed by atoms with Gasteiger partial charge in [0, 0.05) is 12.6 Å². The zero-order valence-electron chi connectivity index (χ0n) is 10.2. The molecule has 0 aromatic carbocycles. The highest BCUT2D eigenvalue weighted by molar-refractivity contribution is 7.99. The van der Waals surface area contributed by atoms with E-state index in [-0.39, 0.29) is 0 Å². The summed E-state index contributed by atoms with van der Waals surface area (Å²) >= 11 is 1.97. The summed E-state index contributed by atoms with van der Waals surface area (Å²) in [5.74, 6) is 3.36. The van der Waals surface area contributed by atoms with Crippen molar-refractivity contribution in [2.45, 2.75) is 25.9 Å². The van der Waals surface area contributed by atoms with Crippen LogP contribution in [0.4, 0.5) is 0 Å². The van der Waals surface area contributed by atoms with E-state index in [1.165, 1.54) is 11.5 Å². The van der Waals surface area contributed by atoms with Crippen molar-refractivity contribution in [3.05, 3.63) is 24.2 Å². The van der Waals surface area contributed by atoms with E-state index in [2.05, 4.69) is 18.9 Å². The molecule has 0 aliphatic carbocycles. The van der Waals surface area contributed by atoms with Crippen LogP contribution in [-0.4, -0.2) is 36.0 Å². The van der Waals surface area contributed by atoms with Gasteiger partial charge in [-0.1, -0.05) is 6.92 Å². The smallest absolute Gasteiger partial charge is 0.117 e. The third-order valence-corrected chi connectivity index (χ3v) is 3.61. The molecular weight excluding hydrogens is 220 g/mol. The zero-order chi connectivity index (χ0) is 11.8. The Hall–Kier alpha value is -0.450. The van der Waals surface area contributed by atoms with Crippen LogP contribution in [0.15, 0.2) is 22.8 Å². The second kappa shape index (κ2) is 7.76. The molecule has 1 rings (SSSR count). The third kappa shape index (κ3) is 4.60. The van der Waals surface area contributed by atoms with E-state index in [1.807, 2.05) is 23.9 Å². The fourth-order valence-corrected chi connectivity index (χ4v) is 2.39. The Morgan fingerprint density at radius 3 is 2.94 bits per heavy atom. The van der Waals surface area contributed by atoms with Crippen LogP contribution in [0.2, 0.25) is 0 Å². The number of rotatable bonds is 8. The summed E-state index contributed by atoms with van der Waals surface area (Å²) in [6, 6.07) is 4.38. The summed E-state index contributed by atoms with van der Waals surface area (Å²) in [4.78, 5) is 2.27. The Bertz CT molecular complexity index is 264. The van der Waals surface area contributed by atoms with E-state index in [0.29, 0.717) is 12.6 Å². The first-order valence-corrected chi connectivity index (χ1v) is 6.93. The second-order valence-electron chi connectivity index (χ2n) is 3.87. The lowest BCUT2D eigenvalue weighted by atomic mass is 10.2. The fraction of sp³-hybridized carbons (Fsp3) is 0.667. The molecule has 0 spiro atoms. The van der Waals surface area contributed by atoms with Crippen LogP contribution in [0.5, 0.6) is 0 Å². The minimum atomic E-state index is 0.448. The molecule has 0 aliphatic rings. The molecule has 0 saturated heterocycles. The first-order valence-electron chi connectivity index (χ1n) is 5.78. The molecule has 1 aromatic rings. The maximum Gasteiger partial charge on any atom is 0.117 e. The maximum atomic E-state index is 5.80. The summed E-state index contributed by atoms with van der Waals surface area (Å²) in [5.41, 5.74) is 5.80. The van der Waals surface area contributed by atoms with Crippen LogP contribution >= 0.6 is 11.8 Å². The SMILES string of the molecule is CCSCCC(CN)N(C)Cc1ccco1. The Morgan fingerprint density at radius 2 is 2.38 bits per heavy atom. The Morgan fingerprint density at radius 1 is 1.56 bits per heavy atom. The highest BCUT2D eigenvalue weighted by Crippen LogP contribution is 2.11. The first-order chi connectivity index (χ1) is 7.77. The van der Waals surface area contributed by atoms with E-state index >= 15 is 0 Å². The van der Waals surface area contributed by atoms with Crippen LogP contribution in [0, 0.1) is 0 Å². The van der Waals surface area contributed by atoms with Crippen molar-refractivity contribution in [3.63, 3.8) is 0 Å². The van der Waals surface area contributed by atoms with Gasteiger partial charge in [-0.3, -0.25) is 4.90 Å². The highest BCUT2D eigenvalue weighted by atomic mass is 32.2. The summed E-state index contributed by atoms with van der Waals surface area (Å²) in [6.07, 6.45) is 2.86. The molecule has 1 heterocycles. The van der Waals surface area contributed by atoms with Gasteiger partial charge in [0.2, 0.25) is 0 Å². The van der Waals surface area contributed by atoms with Crippen molar-refractivity contribution >= 4 is 11.8 Å². The van der Waals surface area contributed by atoms with E-state index < -0.39 is 0 Å². The fourth-order valence-electron chi connectivity index (χ4n) is 1.66. The number of nitrogens with zero attached hydrogens (tertiary/aromatic N) is 1. The largest absolute Gasteiger partial charge is 0.468 e. The monoisotopic (exact) mass is 242 g/mol. The van der Waals surface area contributed by atoms with Crippen molar-refractivity contribution in [1.82, 2.24) is 4.90 Å². The van der Waals surface area contributed by atoms with Gasteiger partial charge >= 0.3 is 0 Å². The second-order valence-corrected chi connectivity index (χ2v) is 5.26. The molecule has 1 atom stereocenters. The number of thioether (sulfide) groups is 1. The quantitative estimate of drug-likeness (QED) is 0.710. The van der Waals surface area contributed by atoms with Gasteiger partial charge in [-0.2, -0.15) is 11.8 Å². The van der Waals surface area contributed by atoms with E-state index in [9.17, 15) is 0 Å². The van der Waals surface area contributed by atoms with Gasteiger partial charge < -0.3 is 10.2 Å². The van der Waals surface area contributed by atoms with E-state index in [0.717, 1.165) is 18.7 Å². The van der Waals surface area contributed by atoms with Crippen molar-refractivity contribution in [3.8, 4) is 0 Å². The summed E-state index contributed by atoms with van der Waals surface area (Å²) in [6.45, 7) is 3.74. The molecule has 1 aromatic heterocycles. The van der Waals surface area contributed by atoms with Crippen LogP contribution in [-0.2, 0) is 6.54 Å². The van der Waals surface area contributed by atoms with Gasteiger partial charge in [-0.05, 0) is 37.1 Å². The first kappa shape index (κ1) is 13.6. The van der Waals surface area contributed by atoms with Crippen molar-refractivity contribution < 1.29 is 4.42 Å². The highest BCUT2D eigenvalue weighted by Gasteiger charge is 2.13. The molecule has 0 radical (unpaired) electrons. The van der Waals surface area contributed by atoms with Crippen molar-refractivity contribution in [2.24, 2.45) is 5.73 Å². The molecule has 0 bridgehead atoms. The van der Waals surface area contributed by atoms with Crippen molar-refractivity contribution in [2.75, 3.05) is 25.1 Å². The van der Waals surface area contributed by atoms with Gasteiger partial charge in [-0.15, -0.1) is 0 Å². The van der Waals surface area contributed by atoms with Gasteiger partial charge in [-0.25, -0.2) is 0 Å². The van der Waals surface area contributed by atoms with Crippen molar-refractivity contribution in [1.29, 1.82) is 0 Å². The standard InChI is InChI=1S/C12H22N2OS/c1-3-16-8-6-11(9-13)14(2)10-12-5-4-7-15-12/h4-5,7,11H,3,6,8-10,13H2,1-2H3. The molecule has 2 N–H and O–H groups in total. The lowest BCUT2D eigenvalue weighted by Gasteiger charge is -2.25. The van der Waals surface area contributed by atoms with Crippen LogP contribution in [0.3, 0.4) is 0 Å². The average molecular weight is 242 g/mol. The summed E-state index contributed by atoms with van der Waals surface area (Å²) in [5, 5.41) is 0. The van der Waals surface area contributed by atoms with Crippen LogP contribution < -0.4 is 5.73 Å². The maximum absolute atomic E-state index is 5.80. The predicted molar refractivity (Wildman–Crippen MR) is 70.6 cm³/mol. The van der Waals surface area contributed by atoms with Gasteiger partial charge in [0.05, 0.1) is 12.8 Å². The zero-order valence-corrected chi connectivity index (χ0v) is 11.0. The molecule has 0 aliphatic heterocycles. The number of likely N-dealkylation sites (N-methyl/N-ethyl adjacent to an activating group) is 1. The molecule has 0 fully saturated rings. The average Bonchev–Trinajstić information content (AvgIpc) is 2.77. The molecule has 0 amide bonds. The lowest BCUT2D eigenvalue weighted by Crippen LogP contribution is -2.37. The minimum absolute atomic E-state index is 0.448. The third-order valence-electron chi connectivity index (χ3n) is 2.68. The summed E-state index contributed by atoms with van der Waals surface area (Å²) < 4.78 is 5.34. The summed E-state index contributed by atoms with van der Waals surface area (Å²) in [7, 11) is 2.11. The molecule has 16 heavy (non-hydrogen) atoms. The van der Waals surface area contributed by atoms with Crippen LogP contribution in [0.1, 0.15) is 19.1 Å². The molecule has 3 nitrogen and oxygen atoms in total. The molecular formula is C12H22N2OS. The molecule has 0 saturated carbocycles. The van der Waals surface area contributed by atoms with Crippen LogP contribution in [0.25, 0.3) is 0 Å². The van der Waals surface area contributed by atoms with E-state index in [1.54, 1.807) is 6.26 Å². The van der Waals surface area contributed by atoms with E-state index in [4.69, 9.17) is 10.2 Å². The molecule has 1 unspecified atom stereocenters. The number of hydrogen-bond acceptors (Lipinski definition) is 4. The lowest BCUT2D eigenvalue weighted by molar-refractivity contribution is 0.216. The molecule has 4 heteroatoms.